The van der Waals surface area contributed by atoms with Gasteiger partial charge in [0.15, 0.2) is 0 Å². The van der Waals surface area contributed by atoms with Crippen molar-refractivity contribution in [2.24, 2.45) is 11.8 Å². The number of ketones is 2. The topological polar surface area (TPSA) is 90.0 Å². The monoisotopic (exact) mass is 467 g/mol. The van der Waals surface area contributed by atoms with Gasteiger partial charge in [-0.3, -0.25) is 19.2 Å². The number of amides is 2. The third-order valence-corrected chi connectivity index (χ3v) is 7.34. The zero-order valence-electron chi connectivity index (χ0n) is 19.1. The number of fused-ring (bicyclic) bond motifs is 3. The minimum absolute atomic E-state index is 0.213. The summed E-state index contributed by atoms with van der Waals surface area (Å²) in [5.41, 5.74) is 0.217. The van der Waals surface area contributed by atoms with Crippen LogP contribution in [0, 0.1) is 18.8 Å². The lowest BCUT2D eigenvalue weighted by Gasteiger charge is -2.27. The van der Waals surface area contributed by atoms with E-state index in [1.165, 1.54) is 7.11 Å². The van der Waals surface area contributed by atoms with Crippen LogP contribution in [-0.4, -0.2) is 36.1 Å². The van der Waals surface area contributed by atoms with Gasteiger partial charge in [0.1, 0.15) is 5.75 Å². The number of hydrogen-bond acceptors (Lipinski definition) is 6. The number of hydrogen-bond donors (Lipinski definition) is 0. The second-order valence-electron chi connectivity index (χ2n) is 9.05. The van der Waals surface area contributed by atoms with Crippen molar-refractivity contribution in [2.45, 2.75) is 18.6 Å². The van der Waals surface area contributed by atoms with Crippen LogP contribution in [-0.2, 0) is 14.3 Å². The first-order chi connectivity index (χ1) is 16.9. The average molecular weight is 467 g/mol. The van der Waals surface area contributed by atoms with Gasteiger partial charge in [0.05, 0.1) is 30.7 Å². The van der Waals surface area contributed by atoms with E-state index in [2.05, 4.69) is 0 Å². The summed E-state index contributed by atoms with van der Waals surface area (Å²) >= 11 is 0. The fourth-order valence-corrected chi connectivity index (χ4v) is 5.69. The van der Waals surface area contributed by atoms with Crippen LogP contribution in [0.15, 0.2) is 72.8 Å². The molecule has 0 N–H and O–H groups in total. The van der Waals surface area contributed by atoms with E-state index in [1.54, 1.807) is 60.7 Å². The van der Waals surface area contributed by atoms with Gasteiger partial charge < -0.3 is 9.47 Å². The van der Waals surface area contributed by atoms with Gasteiger partial charge >= 0.3 is 0 Å². The van der Waals surface area contributed by atoms with E-state index in [0.717, 1.165) is 10.5 Å². The average Bonchev–Trinajstić information content (AvgIpc) is 3.44. The lowest BCUT2D eigenvalue weighted by atomic mass is 9.77. The number of aryl methyl sites for hydroxylation is 1. The summed E-state index contributed by atoms with van der Waals surface area (Å²) in [5.74, 6) is -3.96. The number of anilines is 1. The van der Waals surface area contributed by atoms with Crippen LogP contribution in [0.3, 0.4) is 0 Å². The SMILES string of the molecule is COc1ccc(N2C(=O)[C@@H]3[C@@H](c4ccccc4C)OC4(C(=O)c5ccccc5C4=O)[C@@H]3C2=O)cc1. The number of imide groups is 1. The summed E-state index contributed by atoms with van der Waals surface area (Å²) in [4.78, 5) is 56.4. The third kappa shape index (κ3) is 2.70. The zero-order chi connectivity index (χ0) is 24.5. The third-order valence-electron chi connectivity index (χ3n) is 7.34. The fraction of sp³-hybridized carbons (Fsp3) is 0.214. The van der Waals surface area contributed by atoms with E-state index in [4.69, 9.17) is 9.47 Å². The summed E-state index contributed by atoms with van der Waals surface area (Å²) in [7, 11) is 1.52. The van der Waals surface area contributed by atoms with Crippen molar-refractivity contribution in [2.75, 3.05) is 12.0 Å². The zero-order valence-corrected chi connectivity index (χ0v) is 19.1. The first kappa shape index (κ1) is 21.4. The number of carbonyl (C=O) groups excluding carboxylic acids is 4. The molecular weight excluding hydrogens is 446 g/mol. The maximum absolute atomic E-state index is 13.9. The molecule has 2 saturated heterocycles. The predicted octanol–water partition coefficient (Wildman–Crippen LogP) is 3.70. The molecule has 174 valence electrons. The van der Waals surface area contributed by atoms with Crippen molar-refractivity contribution in [1.29, 1.82) is 0 Å². The number of benzene rings is 3. The second-order valence-corrected chi connectivity index (χ2v) is 9.05. The Hall–Kier alpha value is -4.10. The van der Waals surface area contributed by atoms with Gasteiger partial charge in [-0.25, -0.2) is 4.90 Å². The molecule has 0 bridgehead atoms. The molecule has 2 aliphatic heterocycles. The van der Waals surface area contributed by atoms with Crippen molar-refractivity contribution in [3.8, 4) is 5.75 Å². The van der Waals surface area contributed by atoms with Gasteiger partial charge in [-0.05, 0) is 42.3 Å². The molecule has 35 heavy (non-hydrogen) atoms. The molecule has 1 spiro atoms. The first-order valence-corrected chi connectivity index (χ1v) is 11.3. The molecule has 1 aliphatic carbocycles. The Morgan fingerprint density at radius 2 is 1.40 bits per heavy atom. The van der Waals surface area contributed by atoms with Gasteiger partial charge in [-0.2, -0.15) is 0 Å². The van der Waals surface area contributed by atoms with Crippen molar-refractivity contribution in [1.82, 2.24) is 0 Å². The van der Waals surface area contributed by atoms with Gasteiger partial charge in [-0.1, -0.05) is 48.5 Å². The molecule has 7 nitrogen and oxygen atoms in total. The Morgan fingerprint density at radius 1 is 0.800 bits per heavy atom. The molecule has 6 rings (SSSR count). The van der Waals surface area contributed by atoms with Crippen molar-refractivity contribution in [3.05, 3.63) is 95.1 Å². The van der Waals surface area contributed by atoms with E-state index in [0.29, 0.717) is 17.0 Å². The molecule has 3 aromatic rings. The molecule has 0 radical (unpaired) electrons. The number of methoxy groups -OCH3 is 1. The molecule has 3 aliphatic rings. The minimum atomic E-state index is -2.07. The van der Waals surface area contributed by atoms with Gasteiger partial charge in [0.2, 0.25) is 29.0 Å². The molecule has 0 aromatic heterocycles. The van der Waals surface area contributed by atoms with Crippen molar-refractivity contribution >= 4 is 29.1 Å². The number of carbonyl (C=O) groups is 4. The Balaban J connectivity index is 1.54. The number of nitrogens with zero attached hydrogens (tertiary/aromatic N) is 1. The van der Waals surface area contributed by atoms with Crippen molar-refractivity contribution in [3.63, 3.8) is 0 Å². The second kappa shape index (κ2) is 7.45. The Kier molecular flexibility index (Phi) is 4.56. The predicted molar refractivity (Wildman–Crippen MR) is 125 cm³/mol. The Morgan fingerprint density at radius 3 is 2.00 bits per heavy atom. The molecule has 2 fully saturated rings. The first-order valence-electron chi connectivity index (χ1n) is 11.3. The maximum atomic E-state index is 13.9. The minimum Gasteiger partial charge on any atom is -0.497 e. The summed E-state index contributed by atoms with van der Waals surface area (Å²) in [5, 5.41) is 0. The van der Waals surface area contributed by atoms with E-state index in [1.807, 2.05) is 19.1 Å². The van der Waals surface area contributed by atoms with Crippen molar-refractivity contribution < 1.29 is 28.7 Å². The largest absolute Gasteiger partial charge is 0.497 e. The maximum Gasteiger partial charge on any atom is 0.241 e. The lowest BCUT2D eigenvalue weighted by Crippen LogP contribution is -2.51. The van der Waals surface area contributed by atoms with Gasteiger partial charge in [0, 0.05) is 11.1 Å². The number of ether oxygens (including phenoxy) is 2. The smallest absolute Gasteiger partial charge is 0.241 e. The van der Waals surface area contributed by atoms with Crippen LogP contribution in [0.5, 0.6) is 5.75 Å². The van der Waals surface area contributed by atoms with E-state index in [9.17, 15) is 19.2 Å². The molecule has 0 unspecified atom stereocenters. The van der Waals surface area contributed by atoms with Crippen LogP contribution in [0.1, 0.15) is 37.9 Å². The highest BCUT2D eigenvalue weighted by atomic mass is 16.5. The van der Waals surface area contributed by atoms with Gasteiger partial charge in [-0.15, -0.1) is 0 Å². The van der Waals surface area contributed by atoms with Crippen LogP contribution in [0.4, 0.5) is 5.69 Å². The standard InChI is InChI=1S/C28H21NO6/c1-15-7-3-4-8-18(15)23-21-22(27(33)29(26(21)32)16-11-13-17(34-2)14-12-16)28(35-23)24(30)19-9-5-6-10-20(19)25(28)31/h3-14,21-23H,1-2H3/t21-,22-,23+/m0/s1. The summed E-state index contributed by atoms with van der Waals surface area (Å²) in [6.45, 7) is 1.87. The van der Waals surface area contributed by atoms with Crippen LogP contribution >= 0.6 is 0 Å². The molecular formula is C28H21NO6. The molecule has 3 aromatic carbocycles. The highest BCUT2D eigenvalue weighted by molar-refractivity contribution is 6.37. The normalized spacial score (nSPS) is 24.3. The molecule has 3 atom stereocenters. The highest BCUT2D eigenvalue weighted by Gasteiger charge is 2.74. The quantitative estimate of drug-likeness (QED) is 0.431. The molecule has 7 heteroatoms. The van der Waals surface area contributed by atoms with E-state index < -0.39 is 46.9 Å². The molecule has 0 saturated carbocycles. The highest BCUT2D eigenvalue weighted by Crippen LogP contribution is 2.58. The number of Topliss-reactive ketones (excluding diaryl/α,β-unsaturated/α-hetero) is 2. The van der Waals surface area contributed by atoms with Gasteiger partial charge in [0.25, 0.3) is 0 Å². The lowest BCUT2D eigenvalue weighted by molar-refractivity contribution is -0.127. The Labute approximate surface area is 201 Å². The molecule has 2 amide bonds. The summed E-state index contributed by atoms with van der Waals surface area (Å²) in [6, 6.07) is 20.3. The number of rotatable bonds is 3. The van der Waals surface area contributed by atoms with Crippen LogP contribution < -0.4 is 9.64 Å². The summed E-state index contributed by atoms with van der Waals surface area (Å²) < 4.78 is 11.5. The Bertz CT molecular complexity index is 1390. The fourth-order valence-electron chi connectivity index (χ4n) is 5.69. The van der Waals surface area contributed by atoms with Crippen LogP contribution in [0.25, 0.3) is 0 Å². The van der Waals surface area contributed by atoms with E-state index >= 15 is 0 Å². The van der Waals surface area contributed by atoms with E-state index in [-0.39, 0.29) is 11.1 Å². The van der Waals surface area contributed by atoms with Crippen LogP contribution in [0.2, 0.25) is 0 Å². The molecule has 2 heterocycles. The summed E-state index contributed by atoms with van der Waals surface area (Å²) in [6.07, 6.45) is -0.928.